The zero-order valence-electron chi connectivity index (χ0n) is 8.67. The maximum absolute atomic E-state index is 5.54. The summed E-state index contributed by atoms with van der Waals surface area (Å²) in [5.74, 6) is 0. The van der Waals surface area contributed by atoms with Gasteiger partial charge in [-0.2, -0.15) is 0 Å². The Morgan fingerprint density at radius 3 is 2.31 bits per heavy atom. The van der Waals surface area contributed by atoms with Crippen molar-refractivity contribution in [3.8, 4) is 0 Å². The SMILES string of the molecule is COCOCC1(OC)CCCCC1. The number of hydrogen-bond donors (Lipinski definition) is 0. The Kier molecular flexibility index (Phi) is 4.70. The first-order valence-corrected chi connectivity index (χ1v) is 4.95. The number of hydrogen-bond acceptors (Lipinski definition) is 3. The van der Waals surface area contributed by atoms with Crippen LogP contribution in [0.3, 0.4) is 0 Å². The van der Waals surface area contributed by atoms with Gasteiger partial charge in [0.05, 0.1) is 12.2 Å². The van der Waals surface area contributed by atoms with E-state index in [0.717, 1.165) is 12.8 Å². The second-order valence-corrected chi connectivity index (χ2v) is 3.70. The van der Waals surface area contributed by atoms with Gasteiger partial charge in [0.15, 0.2) is 0 Å². The molecule has 0 aromatic carbocycles. The van der Waals surface area contributed by atoms with E-state index < -0.39 is 0 Å². The molecule has 0 saturated heterocycles. The molecule has 0 N–H and O–H groups in total. The normalized spacial score (nSPS) is 21.7. The summed E-state index contributed by atoms with van der Waals surface area (Å²) in [6, 6.07) is 0. The van der Waals surface area contributed by atoms with E-state index in [1.54, 1.807) is 14.2 Å². The van der Waals surface area contributed by atoms with Crippen molar-refractivity contribution < 1.29 is 14.2 Å². The minimum Gasteiger partial charge on any atom is -0.376 e. The predicted octanol–water partition coefficient (Wildman–Crippen LogP) is 1.96. The maximum atomic E-state index is 5.54. The fourth-order valence-electron chi connectivity index (χ4n) is 1.91. The fraction of sp³-hybridized carbons (Fsp3) is 1.00. The monoisotopic (exact) mass is 188 g/mol. The Morgan fingerprint density at radius 2 is 1.77 bits per heavy atom. The first-order valence-electron chi connectivity index (χ1n) is 4.95. The molecule has 3 nitrogen and oxygen atoms in total. The molecule has 1 aliphatic rings. The maximum Gasteiger partial charge on any atom is 0.146 e. The molecule has 0 radical (unpaired) electrons. The molecule has 0 spiro atoms. The highest BCUT2D eigenvalue weighted by Crippen LogP contribution is 2.31. The van der Waals surface area contributed by atoms with Crippen LogP contribution < -0.4 is 0 Å². The lowest BCUT2D eigenvalue weighted by molar-refractivity contribution is -0.130. The van der Waals surface area contributed by atoms with Crippen LogP contribution in [0.4, 0.5) is 0 Å². The van der Waals surface area contributed by atoms with E-state index in [1.165, 1.54) is 19.3 Å². The highest BCUT2D eigenvalue weighted by Gasteiger charge is 2.31. The standard InChI is InChI=1S/C10H20O3/c1-11-9-13-8-10(12-2)6-4-3-5-7-10/h3-9H2,1-2H3. The van der Waals surface area contributed by atoms with E-state index in [2.05, 4.69) is 0 Å². The van der Waals surface area contributed by atoms with Gasteiger partial charge in [0.2, 0.25) is 0 Å². The summed E-state index contributed by atoms with van der Waals surface area (Å²) in [7, 11) is 3.42. The Hall–Kier alpha value is -0.120. The highest BCUT2D eigenvalue weighted by atomic mass is 16.7. The van der Waals surface area contributed by atoms with E-state index >= 15 is 0 Å². The summed E-state index contributed by atoms with van der Waals surface area (Å²) in [4.78, 5) is 0. The van der Waals surface area contributed by atoms with Crippen molar-refractivity contribution in [2.45, 2.75) is 37.7 Å². The van der Waals surface area contributed by atoms with Gasteiger partial charge in [0.1, 0.15) is 6.79 Å². The van der Waals surface area contributed by atoms with Crippen LogP contribution in [0.2, 0.25) is 0 Å². The Bertz CT molecular complexity index is 130. The van der Waals surface area contributed by atoms with E-state index in [4.69, 9.17) is 14.2 Å². The third-order valence-corrected chi connectivity index (χ3v) is 2.76. The van der Waals surface area contributed by atoms with Crippen molar-refractivity contribution >= 4 is 0 Å². The number of rotatable bonds is 5. The lowest BCUT2D eigenvalue weighted by atomic mass is 9.85. The van der Waals surface area contributed by atoms with Gasteiger partial charge in [-0.25, -0.2) is 0 Å². The second-order valence-electron chi connectivity index (χ2n) is 3.70. The van der Waals surface area contributed by atoms with E-state index in [0.29, 0.717) is 13.4 Å². The molecule has 0 aliphatic heterocycles. The number of ether oxygens (including phenoxy) is 3. The third kappa shape index (κ3) is 3.25. The minimum absolute atomic E-state index is 0.0310. The number of methoxy groups -OCH3 is 2. The molecule has 0 aromatic rings. The molecule has 0 bridgehead atoms. The molecule has 78 valence electrons. The molecule has 1 fully saturated rings. The third-order valence-electron chi connectivity index (χ3n) is 2.76. The largest absolute Gasteiger partial charge is 0.376 e. The van der Waals surface area contributed by atoms with Crippen molar-refractivity contribution in [1.82, 2.24) is 0 Å². The molecule has 1 aliphatic carbocycles. The van der Waals surface area contributed by atoms with Crippen molar-refractivity contribution in [3.05, 3.63) is 0 Å². The predicted molar refractivity (Wildman–Crippen MR) is 50.7 cm³/mol. The van der Waals surface area contributed by atoms with Crippen LogP contribution in [0.1, 0.15) is 32.1 Å². The van der Waals surface area contributed by atoms with Crippen LogP contribution in [0.25, 0.3) is 0 Å². The second kappa shape index (κ2) is 5.58. The first kappa shape index (κ1) is 11.0. The van der Waals surface area contributed by atoms with Crippen LogP contribution >= 0.6 is 0 Å². The molecule has 0 heterocycles. The molecule has 3 heteroatoms. The van der Waals surface area contributed by atoms with Crippen molar-refractivity contribution in [1.29, 1.82) is 0 Å². The Balaban J connectivity index is 2.29. The van der Waals surface area contributed by atoms with Crippen molar-refractivity contribution in [2.24, 2.45) is 0 Å². The lowest BCUT2D eigenvalue weighted by Gasteiger charge is -2.35. The van der Waals surface area contributed by atoms with Gasteiger partial charge in [0, 0.05) is 14.2 Å². The topological polar surface area (TPSA) is 27.7 Å². The molecular weight excluding hydrogens is 168 g/mol. The summed E-state index contributed by atoms with van der Waals surface area (Å²) in [6.07, 6.45) is 6.07. The fourth-order valence-corrected chi connectivity index (χ4v) is 1.91. The molecule has 1 saturated carbocycles. The molecular formula is C10H20O3. The van der Waals surface area contributed by atoms with Crippen LogP contribution in [-0.2, 0) is 14.2 Å². The molecule has 0 atom stereocenters. The zero-order chi connectivity index (χ0) is 9.57. The van der Waals surface area contributed by atoms with Gasteiger partial charge in [-0.05, 0) is 12.8 Å². The van der Waals surface area contributed by atoms with Crippen molar-refractivity contribution in [3.63, 3.8) is 0 Å². The smallest absolute Gasteiger partial charge is 0.146 e. The highest BCUT2D eigenvalue weighted by molar-refractivity contribution is 4.83. The van der Waals surface area contributed by atoms with Gasteiger partial charge in [-0.15, -0.1) is 0 Å². The quantitative estimate of drug-likeness (QED) is 0.487. The first-order chi connectivity index (χ1) is 6.33. The van der Waals surface area contributed by atoms with Gasteiger partial charge >= 0.3 is 0 Å². The van der Waals surface area contributed by atoms with Crippen molar-refractivity contribution in [2.75, 3.05) is 27.6 Å². The van der Waals surface area contributed by atoms with Gasteiger partial charge in [-0.1, -0.05) is 19.3 Å². The summed E-state index contributed by atoms with van der Waals surface area (Å²) < 4.78 is 15.8. The van der Waals surface area contributed by atoms with Gasteiger partial charge < -0.3 is 14.2 Å². The van der Waals surface area contributed by atoms with Crippen LogP contribution in [0, 0.1) is 0 Å². The van der Waals surface area contributed by atoms with Crippen LogP contribution in [-0.4, -0.2) is 33.2 Å². The molecule has 0 aromatic heterocycles. The average Bonchev–Trinajstić information content (AvgIpc) is 2.20. The van der Waals surface area contributed by atoms with Gasteiger partial charge in [-0.3, -0.25) is 0 Å². The summed E-state index contributed by atoms with van der Waals surface area (Å²) in [6.45, 7) is 1.03. The minimum atomic E-state index is -0.0310. The average molecular weight is 188 g/mol. The summed E-state index contributed by atoms with van der Waals surface area (Å²) in [5, 5.41) is 0. The van der Waals surface area contributed by atoms with E-state index in [1.807, 2.05) is 0 Å². The Morgan fingerprint density at radius 1 is 1.08 bits per heavy atom. The molecule has 0 unspecified atom stereocenters. The molecule has 13 heavy (non-hydrogen) atoms. The van der Waals surface area contributed by atoms with E-state index in [9.17, 15) is 0 Å². The Labute approximate surface area is 80.4 Å². The summed E-state index contributed by atoms with van der Waals surface area (Å²) in [5.41, 5.74) is -0.0310. The molecule has 0 amide bonds. The van der Waals surface area contributed by atoms with Crippen LogP contribution in [0.15, 0.2) is 0 Å². The molecule has 1 rings (SSSR count). The zero-order valence-corrected chi connectivity index (χ0v) is 8.67. The van der Waals surface area contributed by atoms with E-state index in [-0.39, 0.29) is 5.60 Å². The lowest BCUT2D eigenvalue weighted by Crippen LogP contribution is -2.39. The summed E-state index contributed by atoms with van der Waals surface area (Å²) >= 11 is 0. The van der Waals surface area contributed by atoms with Gasteiger partial charge in [0.25, 0.3) is 0 Å². The van der Waals surface area contributed by atoms with Crippen LogP contribution in [0.5, 0.6) is 0 Å².